The summed E-state index contributed by atoms with van der Waals surface area (Å²) in [5.74, 6) is -0.401. The predicted octanol–water partition coefficient (Wildman–Crippen LogP) is 2.86. The van der Waals surface area contributed by atoms with Crippen molar-refractivity contribution in [2.45, 2.75) is 6.54 Å². The van der Waals surface area contributed by atoms with Crippen LogP contribution in [-0.2, 0) is 11.3 Å². The van der Waals surface area contributed by atoms with E-state index in [0.29, 0.717) is 11.1 Å². The molecule has 1 aromatic heterocycles. The van der Waals surface area contributed by atoms with Crippen molar-refractivity contribution in [3.05, 3.63) is 65.2 Å². The number of methoxy groups -OCH3 is 1. The molecule has 2 aromatic carbocycles. The Kier molecular flexibility index (Phi) is 3.98. The van der Waals surface area contributed by atoms with Gasteiger partial charge in [-0.15, -0.1) is 0 Å². The number of fused-ring (bicyclic) bond motifs is 1. The van der Waals surface area contributed by atoms with E-state index in [-0.39, 0.29) is 12.3 Å². The maximum absolute atomic E-state index is 12.4. The van der Waals surface area contributed by atoms with Crippen molar-refractivity contribution >= 4 is 33.3 Å². The number of carbonyl (C=O) groups excluding carboxylic acids is 2. The third kappa shape index (κ3) is 2.76. The van der Waals surface area contributed by atoms with Crippen LogP contribution in [0.3, 0.4) is 0 Å². The van der Waals surface area contributed by atoms with Crippen LogP contribution in [0.15, 0.2) is 54.0 Å². The molecule has 0 saturated carbocycles. The molecule has 0 bridgehead atoms. The molecule has 0 aliphatic rings. The van der Waals surface area contributed by atoms with Gasteiger partial charge < -0.3 is 4.74 Å². The molecule has 3 rings (SSSR count). The lowest BCUT2D eigenvalue weighted by atomic mass is 10.1. The number of para-hydroxylation sites is 1. The number of esters is 1. The molecule has 0 atom stereocenters. The number of rotatable bonds is 4. The van der Waals surface area contributed by atoms with Gasteiger partial charge in [0.15, 0.2) is 0 Å². The van der Waals surface area contributed by atoms with Gasteiger partial charge in [0.05, 0.1) is 12.7 Å². The van der Waals surface area contributed by atoms with E-state index >= 15 is 0 Å². The second kappa shape index (κ2) is 6.07. The summed E-state index contributed by atoms with van der Waals surface area (Å²) in [6, 6.07) is 14.5. The third-order valence-corrected chi connectivity index (χ3v) is 4.38. The first-order valence-corrected chi connectivity index (χ1v) is 7.64. The number of hydrogen-bond acceptors (Lipinski definition) is 4. The minimum Gasteiger partial charge on any atom is -0.465 e. The molecular weight excluding hydrogens is 298 g/mol. The van der Waals surface area contributed by atoms with E-state index in [2.05, 4.69) is 4.74 Å². The SMILES string of the molecule is COC(=O)c1ccc(C(=O)C[n+]2csc3ccccc32)cc1. The number of Topliss-reactive ketones (excluding diaryl/α,β-unsaturated/α-hetero) is 1. The monoisotopic (exact) mass is 312 g/mol. The first-order chi connectivity index (χ1) is 10.7. The molecule has 0 N–H and O–H groups in total. The Morgan fingerprint density at radius 1 is 1.05 bits per heavy atom. The van der Waals surface area contributed by atoms with E-state index in [0.717, 1.165) is 10.2 Å². The van der Waals surface area contributed by atoms with Crippen molar-refractivity contribution in [3.63, 3.8) is 0 Å². The van der Waals surface area contributed by atoms with Gasteiger partial charge in [0.1, 0.15) is 4.70 Å². The molecule has 110 valence electrons. The van der Waals surface area contributed by atoms with Crippen LogP contribution in [0.1, 0.15) is 20.7 Å². The normalized spacial score (nSPS) is 10.6. The average molecular weight is 312 g/mol. The van der Waals surface area contributed by atoms with Crippen LogP contribution in [0, 0.1) is 0 Å². The Morgan fingerprint density at radius 2 is 1.73 bits per heavy atom. The molecule has 0 radical (unpaired) electrons. The van der Waals surface area contributed by atoms with Crippen molar-refractivity contribution in [2.24, 2.45) is 0 Å². The molecular formula is C17H14NO3S+. The van der Waals surface area contributed by atoms with Crippen LogP contribution in [0.25, 0.3) is 10.2 Å². The summed E-state index contributed by atoms with van der Waals surface area (Å²) >= 11 is 1.61. The molecule has 3 aromatic rings. The van der Waals surface area contributed by atoms with E-state index < -0.39 is 5.97 Å². The maximum Gasteiger partial charge on any atom is 0.337 e. The Morgan fingerprint density at radius 3 is 2.45 bits per heavy atom. The summed E-state index contributed by atoms with van der Waals surface area (Å²) in [7, 11) is 1.33. The van der Waals surface area contributed by atoms with Crippen molar-refractivity contribution in [2.75, 3.05) is 7.11 Å². The maximum atomic E-state index is 12.4. The topological polar surface area (TPSA) is 47.3 Å². The number of carbonyl (C=O) groups is 2. The summed E-state index contributed by atoms with van der Waals surface area (Å²) in [6.07, 6.45) is 0. The quantitative estimate of drug-likeness (QED) is 0.423. The predicted molar refractivity (Wildman–Crippen MR) is 84.1 cm³/mol. The standard InChI is InChI=1S/C17H14NO3S/c1-21-17(20)13-8-6-12(7-9-13)15(19)10-18-11-22-16-5-3-2-4-14(16)18/h2-9,11H,10H2,1H3/q+1. The van der Waals surface area contributed by atoms with Crippen LogP contribution in [0.2, 0.25) is 0 Å². The summed E-state index contributed by atoms with van der Waals surface area (Å²) < 4.78 is 7.73. The first kappa shape index (κ1) is 14.4. The minimum absolute atomic E-state index is 0.00460. The van der Waals surface area contributed by atoms with Crippen LogP contribution < -0.4 is 4.57 Å². The second-order valence-electron chi connectivity index (χ2n) is 4.81. The molecule has 0 saturated heterocycles. The van der Waals surface area contributed by atoms with Crippen molar-refractivity contribution in [1.29, 1.82) is 0 Å². The lowest BCUT2D eigenvalue weighted by molar-refractivity contribution is -0.652. The summed E-state index contributed by atoms with van der Waals surface area (Å²) in [4.78, 5) is 23.8. The zero-order valence-corrected chi connectivity index (χ0v) is 12.8. The number of ether oxygens (including phenoxy) is 1. The molecule has 0 fully saturated rings. The number of hydrogen-bond donors (Lipinski definition) is 0. The number of nitrogens with zero attached hydrogens (tertiary/aromatic N) is 1. The number of aromatic nitrogens is 1. The van der Waals surface area contributed by atoms with Crippen LogP contribution in [-0.4, -0.2) is 18.9 Å². The van der Waals surface area contributed by atoms with Gasteiger partial charge in [-0.1, -0.05) is 35.6 Å². The second-order valence-corrected chi connectivity index (χ2v) is 5.70. The Balaban J connectivity index is 1.81. The highest BCUT2D eigenvalue weighted by Gasteiger charge is 2.17. The number of benzene rings is 2. The molecule has 0 aliphatic carbocycles. The highest BCUT2D eigenvalue weighted by molar-refractivity contribution is 7.16. The average Bonchev–Trinajstić information content (AvgIpc) is 2.97. The fraction of sp³-hybridized carbons (Fsp3) is 0.118. The van der Waals surface area contributed by atoms with E-state index in [9.17, 15) is 9.59 Å². The fourth-order valence-corrected chi connectivity index (χ4v) is 3.14. The third-order valence-electron chi connectivity index (χ3n) is 3.42. The highest BCUT2D eigenvalue weighted by atomic mass is 32.1. The Labute approximate surface area is 131 Å². The van der Waals surface area contributed by atoms with E-state index in [1.54, 1.807) is 35.6 Å². The summed E-state index contributed by atoms with van der Waals surface area (Å²) in [5.41, 5.74) is 4.01. The molecule has 0 aliphatic heterocycles. The Hall–Kier alpha value is -2.53. The highest BCUT2D eigenvalue weighted by Crippen LogP contribution is 2.15. The zero-order valence-electron chi connectivity index (χ0n) is 12.0. The van der Waals surface area contributed by atoms with Gasteiger partial charge in [-0.05, 0) is 18.2 Å². The molecule has 0 amide bonds. The zero-order chi connectivity index (χ0) is 15.5. The van der Waals surface area contributed by atoms with Crippen LogP contribution >= 0.6 is 11.3 Å². The smallest absolute Gasteiger partial charge is 0.337 e. The van der Waals surface area contributed by atoms with Gasteiger partial charge in [-0.2, -0.15) is 4.57 Å². The molecule has 5 heteroatoms. The summed E-state index contributed by atoms with van der Waals surface area (Å²) in [6.45, 7) is 0.279. The van der Waals surface area contributed by atoms with Crippen molar-refractivity contribution in [3.8, 4) is 0 Å². The van der Waals surface area contributed by atoms with E-state index in [4.69, 9.17) is 0 Å². The van der Waals surface area contributed by atoms with Gasteiger partial charge in [0, 0.05) is 11.6 Å². The lowest BCUT2D eigenvalue weighted by Gasteiger charge is -2.01. The minimum atomic E-state index is -0.405. The Bertz CT molecular complexity index is 836. The largest absolute Gasteiger partial charge is 0.465 e. The van der Waals surface area contributed by atoms with E-state index in [1.807, 2.05) is 34.3 Å². The van der Waals surface area contributed by atoms with Gasteiger partial charge in [0.25, 0.3) is 0 Å². The van der Waals surface area contributed by atoms with Gasteiger partial charge in [-0.3, -0.25) is 4.79 Å². The summed E-state index contributed by atoms with van der Waals surface area (Å²) in [5, 5.41) is 0. The first-order valence-electron chi connectivity index (χ1n) is 6.76. The van der Waals surface area contributed by atoms with Gasteiger partial charge >= 0.3 is 5.97 Å². The van der Waals surface area contributed by atoms with Crippen LogP contribution in [0.4, 0.5) is 0 Å². The van der Waals surface area contributed by atoms with Crippen molar-refractivity contribution in [1.82, 2.24) is 0 Å². The molecule has 4 nitrogen and oxygen atoms in total. The fourth-order valence-electron chi connectivity index (χ4n) is 2.25. The van der Waals surface area contributed by atoms with Crippen molar-refractivity contribution < 1.29 is 18.9 Å². The van der Waals surface area contributed by atoms with Gasteiger partial charge in [0.2, 0.25) is 23.4 Å². The molecule has 0 spiro atoms. The molecule has 22 heavy (non-hydrogen) atoms. The van der Waals surface area contributed by atoms with Crippen LogP contribution in [0.5, 0.6) is 0 Å². The molecule has 0 unspecified atom stereocenters. The van der Waals surface area contributed by atoms with Gasteiger partial charge in [-0.25, -0.2) is 4.79 Å². The number of ketones is 1. The van der Waals surface area contributed by atoms with E-state index in [1.165, 1.54) is 7.11 Å². The number of thiazole rings is 1. The lowest BCUT2D eigenvalue weighted by Crippen LogP contribution is -2.36. The molecule has 1 heterocycles.